The Hall–Kier alpha value is -0.890. The van der Waals surface area contributed by atoms with Crippen molar-refractivity contribution in [2.24, 2.45) is 5.73 Å². The first kappa shape index (κ1) is 10.6. The molecule has 82 valence electrons. The summed E-state index contributed by atoms with van der Waals surface area (Å²) in [6, 6.07) is 4.32. The molecular formula is C13H20N2. The molecule has 1 heterocycles. The van der Waals surface area contributed by atoms with Gasteiger partial charge in [0.2, 0.25) is 0 Å². The van der Waals surface area contributed by atoms with Crippen LogP contribution in [-0.4, -0.2) is 10.5 Å². The summed E-state index contributed by atoms with van der Waals surface area (Å²) < 4.78 is 0. The average Bonchev–Trinajstić information content (AvgIpc) is 2.95. The molecule has 0 atom stereocenters. The minimum absolute atomic E-state index is 0.163. The number of nitrogens with two attached hydrogens (primary N) is 1. The Morgan fingerprint density at radius 1 is 1.40 bits per heavy atom. The third-order valence-corrected chi connectivity index (χ3v) is 3.24. The largest absolute Gasteiger partial charge is 0.325 e. The molecule has 1 aliphatic rings. The first-order valence-corrected chi connectivity index (χ1v) is 5.83. The average molecular weight is 204 g/mol. The van der Waals surface area contributed by atoms with E-state index < -0.39 is 0 Å². The van der Waals surface area contributed by atoms with Crippen LogP contribution in [0.25, 0.3) is 0 Å². The normalized spacial score (nSPS) is 18.1. The van der Waals surface area contributed by atoms with Crippen molar-refractivity contribution >= 4 is 0 Å². The van der Waals surface area contributed by atoms with Gasteiger partial charge in [0.05, 0.1) is 0 Å². The monoisotopic (exact) mass is 204 g/mol. The SMILES string of the molecule is CC(C)c1ccc(CCC2(N)CC2)cn1. The summed E-state index contributed by atoms with van der Waals surface area (Å²) in [6.07, 6.45) is 6.58. The molecule has 1 aliphatic carbocycles. The number of hydrogen-bond donors (Lipinski definition) is 1. The lowest BCUT2D eigenvalue weighted by Crippen LogP contribution is -2.22. The lowest BCUT2D eigenvalue weighted by molar-refractivity contribution is 0.608. The van der Waals surface area contributed by atoms with E-state index in [0.717, 1.165) is 12.8 Å². The number of rotatable bonds is 4. The van der Waals surface area contributed by atoms with E-state index in [4.69, 9.17) is 5.73 Å². The lowest BCUT2D eigenvalue weighted by atomic mass is 10.0. The van der Waals surface area contributed by atoms with E-state index in [9.17, 15) is 0 Å². The predicted molar refractivity (Wildman–Crippen MR) is 62.8 cm³/mol. The molecule has 1 aromatic rings. The fraction of sp³-hybridized carbons (Fsp3) is 0.615. The Morgan fingerprint density at radius 3 is 2.60 bits per heavy atom. The zero-order valence-electron chi connectivity index (χ0n) is 9.66. The maximum absolute atomic E-state index is 6.05. The second-order valence-corrected chi connectivity index (χ2v) is 5.11. The zero-order valence-corrected chi connectivity index (χ0v) is 9.66. The van der Waals surface area contributed by atoms with Gasteiger partial charge < -0.3 is 5.73 Å². The quantitative estimate of drug-likeness (QED) is 0.818. The van der Waals surface area contributed by atoms with Crippen molar-refractivity contribution in [1.29, 1.82) is 0 Å². The fourth-order valence-electron chi connectivity index (χ4n) is 1.73. The number of hydrogen-bond acceptors (Lipinski definition) is 2. The summed E-state index contributed by atoms with van der Waals surface area (Å²) in [4.78, 5) is 4.46. The van der Waals surface area contributed by atoms with Gasteiger partial charge in [-0.25, -0.2) is 0 Å². The summed E-state index contributed by atoms with van der Waals surface area (Å²) in [5.41, 5.74) is 8.71. The molecule has 1 fully saturated rings. The maximum atomic E-state index is 6.05. The number of aryl methyl sites for hydroxylation is 1. The van der Waals surface area contributed by atoms with Crippen molar-refractivity contribution in [3.05, 3.63) is 29.6 Å². The summed E-state index contributed by atoms with van der Waals surface area (Å²) in [5.74, 6) is 0.517. The number of nitrogens with zero attached hydrogens (tertiary/aromatic N) is 1. The highest BCUT2D eigenvalue weighted by Gasteiger charge is 2.37. The second-order valence-electron chi connectivity index (χ2n) is 5.11. The van der Waals surface area contributed by atoms with Crippen LogP contribution in [0, 0.1) is 0 Å². The first-order chi connectivity index (χ1) is 7.09. The maximum Gasteiger partial charge on any atom is 0.0429 e. The molecule has 0 aliphatic heterocycles. The topological polar surface area (TPSA) is 38.9 Å². The standard InChI is InChI=1S/C13H20N2/c1-10(2)12-4-3-11(9-15-12)5-6-13(14)7-8-13/h3-4,9-10H,5-8,14H2,1-2H3. The number of pyridine rings is 1. The second kappa shape index (κ2) is 3.93. The van der Waals surface area contributed by atoms with Crippen LogP contribution in [-0.2, 0) is 6.42 Å². The van der Waals surface area contributed by atoms with Crippen LogP contribution in [0.4, 0.5) is 0 Å². The molecule has 2 nitrogen and oxygen atoms in total. The van der Waals surface area contributed by atoms with E-state index in [-0.39, 0.29) is 5.54 Å². The molecule has 1 aromatic heterocycles. The molecule has 0 spiro atoms. The van der Waals surface area contributed by atoms with Crippen molar-refractivity contribution in [3.63, 3.8) is 0 Å². The van der Waals surface area contributed by atoms with Crippen molar-refractivity contribution in [1.82, 2.24) is 4.98 Å². The Kier molecular flexibility index (Phi) is 2.79. The zero-order chi connectivity index (χ0) is 10.9. The van der Waals surface area contributed by atoms with Crippen LogP contribution in [0.5, 0.6) is 0 Å². The van der Waals surface area contributed by atoms with E-state index in [1.807, 2.05) is 6.20 Å². The van der Waals surface area contributed by atoms with E-state index >= 15 is 0 Å². The molecule has 2 rings (SSSR count). The summed E-state index contributed by atoms with van der Waals surface area (Å²) in [5, 5.41) is 0. The molecule has 0 bridgehead atoms. The van der Waals surface area contributed by atoms with Crippen LogP contribution < -0.4 is 5.73 Å². The van der Waals surface area contributed by atoms with Crippen molar-refractivity contribution in [2.75, 3.05) is 0 Å². The highest BCUT2D eigenvalue weighted by molar-refractivity contribution is 5.17. The van der Waals surface area contributed by atoms with Gasteiger partial charge in [-0.15, -0.1) is 0 Å². The van der Waals surface area contributed by atoms with Gasteiger partial charge in [0.15, 0.2) is 0 Å². The predicted octanol–water partition coefficient (Wildman–Crippen LogP) is 2.63. The highest BCUT2D eigenvalue weighted by Crippen LogP contribution is 2.36. The summed E-state index contributed by atoms with van der Waals surface area (Å²) in [7, 11) is 0. The van der Waals surface area contributed by atoms with Gasteiger partial charge >= 0.3 is 0 Å². The van der Waals surface area contributed by atoms with E-state index in [2.05, 4.69) is 31.0 Å². The molecule has 0 radical (unpaired) electrons. The van der Waals surface area contributed by atoms with Gasteiger partial charge in [-0.3, -0.25) is 4.98 Å². The molecule has 2 N–H and O–H groups in total. The lowest BCUT2D eigenvalue weighted by Gasteiger charge is -2.09. The summed E-state index contributed by atoms with van der Waals surface area (Å²) in [6.45, 7) is 4.34. The first-order valence-electron chi connectivity index (χ1n) is 5.83. The molecular weight excluding hydrogens is 184 g/mol. The molecule has 1 saturated carbocycles. The van der Waals surface area contributed by atoms with Gasteiger partial charge in [-0.05, 0) is 43.2 Å². The van der Waals surface area contributed by atoms with Gasteiger partial charge in [0, 0.05) is 17.4 Å². The Morgan fingerprint density at radius 2 is 2.13 bits per heavy atom. The van der Waals surface area contributed by atoms with E-state index in [0.29, 0.717) is 5.92 Å². The minimum atomic E-state index is 0.163. The molecule has 2 heteroatoms. The van der Waals surface area contributed by atoms with Crippen LogP contribution in [0.2, 0.25) is 0 Å². The minimum Gasteiger partial charge on any atom is -0.325 e. The van der Waals surface area contributed by atoms with Crippen LogP contribution >= 0.6 is 0 Å². The van der Waals surface area contributed by atoms with Gasteiger partial charge in [0.25, 0.3) is 0 Å². The van der Waals surface area contributed by atoms with Crippen molar-refractivity contribution < 1.29 is 0 Å². The smallest absolute Gasteiger partial charge is 0.0429 e. The van der Waals surface area contributed by atoms with Gasteiger partial charge in [-0.2, -0.15) is 0 Å². The molecule has 0 amide bonds. The van der Waals surface area contributed by atoms with Crippen molar-refractivity contribution in [3.8, 4) is 0 Å². The van der Waals surface area contributed by atoms with E-state index in [1.165, 1.54) is 24.1 Å². The number of aromatic nitrogens is 1. The Balaban J connectivity index is 1.92. The third kappa shape index (κ3) is 2.78. The fourth-order valence-corrected chi connectivity index (χ4v) is 1.73. The van der Waals surface area contributed by atoms with Gasteiger partial charge in [0.1, 0.15) is 0 Å². The van der Waals surface area contributed by atoms with Crippen LogP contribution in [0.3, 0.4) is 0 Å². The van der Waals surface area contributed by atoms with E-state index in [1.54, 1.807) is 0 Å². The van der Waals surface area contributed by atoms with Crippen LogP contribution in [0.15, 0.2) is 18.3 Å². The third-order valence-electron chi connectivity index (χ3n) is 3.24. The molecule has 0 unspecified atom stereocenters. The van der Waals surface area contributed by atoms with Crippen molar-refractivity contribution in [2.45, 2.75) is 51.0 Å². The summed E-state index contributed by atoms with van der Waals surface area (Å²) >= 11 is 0. The highest BCUT2D eigenvalue weighted by atomic mass is 14.8. The molecule has 0 saturated heterocycles. The molecule has 0 aromatic carbocycles. The molecule has 15 heavy (non-hydrogen) atoms. The van der Waals surface area contributed by atoms with Gasteiger partial charge in [-0.1, -0.05) is 19.9 Å². The Labute approximate surface area is 91.9 Å². The van der Waals surface area contributed by atoms with Crippen LogP contribution in [0.1, 0.15) is 50.3 Å². The Bertz CT molecular complexity index is 323.